The molecule has 0 spiro atoms. The number of hydrogen-bond donors (Lipinski definition) is 1. The van der Waals surface area contributed by atoms with Crippen LogP contribution >= 0.6 is 0 Å². The molecule has 3 aromatic heterocycles. The number of nitrogens with one attached hydrogen (secondary N) is 1. The second kappa shape index (κ2) is 9.60. The molecule has 5 aromatic rings. The summed E-state index contributed by atoms with van der Waals surface area (Å²) < 4.78 is 87.4. The van der Waals surface area contributed by atoms with Crippen molar-refractivity contribution in [2.75, 3.05) is 0 Å². The van der Waals surface area contributed by atoms with Crippen LogP contribution in [0.3, 0.4) is 0 Å². The smallest absolute Gasteiger partial charge is 0.434 e. The summed E-state index contributed by atoms with van der Waals surface area (Å²) in [6, 6.07) is 9.74. The Hall–Kier alpha value is -4.62. The first-order valence-electron chi connectivity index (χ1n) is 11.3. The molecule has 0 fully saturated rings. The first-order chi connectivity index (χ1) is 18.4. The van der Waals surface area contributed by atoms with Crippen molar-refractivity contribution in [3.05, 3.63) is 77.6 Å². The van der Waals surface area contributed by atoms with Crippen LogP contribution in [-0.2, 0) is 26.8 Å². The molecule has 0 amide bonds. The van der Waals surface area contributed by atoms with Crippen LogP contribution in [0.15, 0.2) is 54.9 Å². The Balaban J connectivity index is 1.51. The quantitative estimate of drug-likeness (QED) is 0.299. The van der Waals surface area contributed by atoms with Gasteiger partial charge in [0.15, 0.2) is 17.2 Å². The van der Waals surface area contributed by atoms with Gasteiger partial charge in [0.1, 0.15) is 22.9 Å². The Morgan fingerprint density at radius 2 is 1.74 bits per heavy atom. The van der Waals surface area contributed by atoms with E-state index in [2.05, 4.69) is 19.7 Å². The molecule has 14 heteroatoms. The van der Waals surface area contributed by atoms with Gasteiger partial charge in [0.2, 0.25) is 5.62 Å². The van der Waals surface area contributed by atoms with Gasteiger partial charge in [0, 0.05) is 31.9 Å². The van der Waals surface area contributed by atoms with Gasteiger partial charge in [-0.2, -0.15) is 22.0 Å². The molecule has 39 heavy (non-hydrogen) atoms. The van der Waals surface area contributed by atoms with Gasteiger partial charge in [-0.05, 0) is 17.7 Å². The lowest BCUT2D eigenvalue weighted by Gasteiger charge is -2.10. The molecule has 3 heterocycles. The summed E-state index contributed by atoms with van der Waals surface area (Å²) in [4.78, 5) is 12.4. The Morgan fingerprint density at radius 3 is 2.38 bits per heavy atom. The lowest BCUT2D eigenvalue weighted by atomic mass is 10.1. The van der Waals surface area contributed by atoms with Crippen molar-refractivity contribution in [2.24, 2.45) is 14.1 Å². The normalized spacial score (nSPS) is 12.0. The standard InChI is InChI=1S/C25H19F6N7O/c1-36-12-19(25(29,30)31)34-21(36)14-5-3-13(4-6-14)11-38-22-17(37(2)24(38)32)10-33-20(35-22)16-8-7-15(26)9-18(16)39-23(27)28/h3-10,12,23,32H,11H2,1-2H3. The zero-order valence-corrected chi connectivity index (χ0v) is 20.3. The van der Waals surface area contributed by atoms with Crippen LogP contribution < -0.4 is 10.4 Å². The van der Waals surface area contributed by atoms with Gasteiger partial charge in [-0.25, -0.2) is 19.3 Å². The number of halogens is 6. The van der Waals surface area contributed by atoms with Crippen molar-refractivity contribution in [2.45, 2.75) is 19.3 Å². The van der Waals surface area contributed by atoms with Crippen molar-refractivity contribution in [1.29, 1.82) is 5.41 Å². The largest absolute Gasteiger partial charge is 0.434 e. The number of rotatable bonds is 6. The van der Waals surface area contributed by atoms with E-state index < -0.39 is 30.0 Å². The molecule has 0 unspecified atom stereocenters. The monoisotopic (exact) mass is 547 g/mol. The van der Waals surface area contributed by atoms with Crippen molar-refractivity contribution in [3.63, 3.8) is 0 Å². The van der Waals surface area contributed by atoms with E-state index in [0.29, 0.717) is 22.3 Å². The number of imidazole rings is 2. The number of nitrogens with zero attached hydrogens (tertiary/aromatic N) is 6. The summed E-state index contributed by atoms with van der Waals surface area (Å²) >= 11 is 0. The lowest BCUT2D eigenvalue weighted by Crippen LogP contribution is -2.23. The Morgan fingerprint density at radius 1 is 1.03 bits per heavy atom. The Bertz CT molecular complexity index is 1740. The molecule has 2 aromatic carbocycles. The number of aromatic nitrogens is 6. The maximum absolute atomic E-state index is 13.7. The van der Waals surface area contributed by atoms with E-state index in [-0.39, 0.29) is 29.4 Å². The molecular weight excluding hydrogens is 528 g/mol. The molecular formula is C25H19F6N7O. The van der Waals surface area contributed by atoms with Crippen molar-refractivity contribution in [3.8, 4) is 28.5 Å². The number of benzene rings is 2. The summed E-state index contributed by atoms with van der Waals surface area (Å²) in [6.45, 7) is -3.03. The maximum Gasteiger partial charge on any atom is 0.434 e. The van der Waals surface area contributed by atoms with Crippen molar-refractivity contribution in [1.82, 2.24) is 28.7 Å². The van der Waals surface area contributed by atoms with E-state index in [1.807, 2.05) is 0 Å². The average Bonchev–Trinajstić information content (AvgIpc) is 3.38. The minimum Gasteiger partial charge on any atom is -0.434 e. The molecule has 0 aliphatic heterocycles. The topological polar surface area (TPSA) is 86.5 Å². The van der Waals surface area contributed by atoms with Crippen LogP contribution in [0.5, 0.6) is 5.75 Å². The molecule has 0 radical (unpaired) electrons. The molecule has 202 valence electrons. The Kier molecular flexibility index (Phi) is 6.40. The number of aryl methyl sites for hydroxylation is 2. The van der Waals surface area contributed by atoms with Crippen LogP contribution in [0.2, 0.25) is 0 Å². The molecule has 0 saturated carbocycles. The summed E-state index contributed by atoms with van der Waals surface area (Å²) in [5, 5.41) is 8.54. The Labute approximate surface area is 216 Å². The van der Waals surface area contributed by atoms with Gasteiger partial charge in [-0.1, -0.05) is 24.3 Å². The van der Waals surface area contributed by atoms with Crippen LogP contribution in [0.1, 0.15) is 11.3 Å². The van der Waals surface area contributed by atoms with Crippen LogP contribution in [0, 0.1) is 11.2 Å². The summed E-state index contributed by atoms with van der Waals surface area (Å²) in [6.07, 6.45) is -2.23. The highest BCUT2D eigenvalue weighted by molar-refractivity contribution is 5.75. The van der Waals surface area contributed by atoms with Gasteiger partial charge in [0.05, 0.1) is 18.3 Å². The average molecular weight is 547 g/mol. The number of hydrogen-bond acceptors (Lipinski definition) is 5. The molecule has 0 atom stereocenters. The zero-order valence-electron chi connectivity index (χ0n) is 20.3. The van der Waals surface area contributed by atoms with E-state index >= 15 is 0 Å². The summed E-state index contributed by atoms with van der Waals surface area (Å²) in [5.41, 5.74) is 1.07. The van der Waals surface area contributed by atoms with Gasteiger partial charge in [-0.15, -0.1) is 0 Å². The van der Waals surface area contributed by atoms with E-state index in [4.69, 9.17) is 5.41 Å². The lowest BCUT2D eigenvalue weighted by molar-refractivity contribution is -0.140. The van der Waals surface area contributed by atoms with Gasteiger partial charge >= 0.3 is 12.8 Å². The second-order valence-electron chi connectivity index (χ2n) is 8.65. The SMILES string of the molecule is Cn1cc(C(F)(F)F)nc1-c1ccc(Cn2c(=N)n(C)c3cnc(-c4ccc(F)cc4OC(F)F)nc32)cc1. The highest BCUT2D eigenvalue weighted by atomic mass is 19.4. The van der Waals surface area contributed by atoms with Crippen LogP contribution in [0.25, 0.3) is 33.9 Å². The fraction of sp³-hybridized carbons (Fsp3) is 0.200. The highest BCUT2D eigenvalue weighted by Crippen LogP contribution is 2.32. The van der Waals surface area contributed by atoms with E-state index in [1.165, 1.54) is 28.4 Å². The molecule has 5 rings (SSSR count). The molecule has 0 saturated heterocycles. The first-order valence-corrected chi connectivity index (χ1v) is 11.3. The predicted molar refractivity (Wildman–Crippen MR) is 127 cm³/mol. The fourth-order valence-electron chi connectivity index (χ4n) is 4.16. The summed E-state index contributed by atoms with van der Waals surface area (Å²) in [7, 11) is 3.11. The minimum absolute atomic E-state index is 0.0110. The highest BCUT2D eigenvalue weighted by Gasteiger charge is 2.34. The van der Waals surface area contributed by atoms with E-state index in [1.54, 1.807) is 35.9 Å². The molecule has 0 aliphatic carbocycles. The van der Waals surface area contributed by atoms with Gasteiger partial charge < -0.3 is 13.9 Å². The second-order valence-corrected chi connectivity index (χ2v) is 8.65. The molecule has 0 bridgehead atoms. The fourth-order valence-corrected chi connectivity index (χ4v) is 4.16. The third kappa shape index (κ3) is 4.96. The van der Waals surface area contributed by atoms with Crippen molar-refractivity contribution < 1.29 is 31.1 Å². The van der Waals surface area contributed by atoms with Crippen molar-refractivity contribution >= 4 is 11.2 Å². The summed E-state index contributed by atoms with van der Waals surface area (Å²) in [5.74, 6) is -1.08. The number of fused-ring (bicyclic) bond motifs is 1. The van der Waals surface area contributed by atoms with Gasteiger partial charge in [-0.3, -0.25) is 9.98 Å². The third-order valence-corrected chi connectivity index (χ3v) is 6.06. The number of alkyl halides is 5. The molecule has 0 aliphatic rings. The predicted octanol–water partition coefficient (Wildman–Crippen LogP) is 5.12. The van der Waals surface area contributed by atoms with Crippen LogP contribution in [0.4, 0.5) is 26.3 Å². The van der Waals surface area contributed by atoms with E-state index in [9.17, 15) is 26.3 Å². The van der Waals surface area contributed by atoms with Crippen LogP contribution in [-0.4, -0.2) is 35.3 Å². The van der Waals surface area contributed by atoms with Gasteiger partial charge in [0.25, 0.3) is 0 Å². The number of ether oxygens (including phenoxy) is 1. The minimum atomic E-state index is -4.56. The third-order valence-electron chi connectivity index (χ3n) is 6.06. The van der Waals surface area contributed by atoms with E-state index in [0.717, 1.165) is 18.3 Å². The zero-order chi connectivity index (χ0) is 28.1. The molecule has 1 N–H and O–H groups in total. The molecule has 8 nitrogen and oxygen atoms in total. The maximum atomic E-state index is 13.7. The first kappa shape index (κ1) is 26.0.